The number of hydrogen-bond donors (Lipinski definition) is 2. The number of aromatic nitrogens is 1. The van der Waals surface area contributed by atoms with E-state index in [0.29, 0.717) is 25.1 Å². The molecular weight excluding hydrogens is 498 g/mol. The number of allylic oxidation sites excluding steroid dienone is 10. The van der Waals surface area contributed by atoms with E-state index >= 15 is 0 Å². The fourth-order valence-corrected chi connectivity index (χ4v) is 4.81. The first kappa shape index (κ1) is 32.5. The van der Waals surface area contributed by atoms with Crippen molar-refractivity contribution in [3.63, 3.8) is 0 Å². The average Bonchev–Trinajstić information content (AvgIpc) is 2.92. The monoisotopic (exact) mass is 541 g/mol. The Balaban J connectivity index is 1.88. The van der Waals surface area contributed by atoms with Crippen LogP contribution in [-0.2, 0) is 4.79 Å². The van der Waals surface area contributed by atoms with Crippen LogP contribution in [0.1, 0.15) is 68.6 Å². The number of amides is 2. The van der Waals surface area contributed by atoms with E-state index in [-0.39, 0.29) is 11.8 Å². The third kappa shape index (κ3) is 21.3. The highest BCUT2D eigenvalue weighted by atomic mass is 33.1. The van der Waals surface area contributed by atoms with Gasteiger partial charge in [-0.2, -0.15) is 0 Å². The lowest BCUT2D eigenvalue weighted by molar-refractivity contribution is -0.121. The van der Waals surface area contributed by atoms with Crippen molar-refractivity contribution in [1.82, 2.24) is 15.6 Å². The zero-order chi connectivity index (χ0) is 26.7. The minimum atomic E-state index is -0.101. The molecule has 0 saturated heterocycles. The van der Waals surface area contributed by atoms with E-state index in [4.69, 9.17) is 0 Å². The number of hydrogen-bond acceptors (Lipinski definition) is 5. The molecule has 0 saturated carbocycles. The Morgan fingerprint density at radius 2 is 1.38 bits per heavy atom. The van der Waals surface area contributed by atoms with Crippen molar-refractivity contribution >= 4 is 33.4 Å². The highest BCUT2D eigenvalue weighted by Gasteiger charge is 2.04. The maximum atomic E-state index is 11.9. The summed E-state index contributed by atoms with van der Waals surface area (Å²) in [6.45, 7) is 3.42. The van der Waals surface area contributed by atoms with E-state index < -0.39 is 0 Å². The molecule has 5 nitrogen and oxygen atoms in total. The molecule has 0 aromatic carbocycles. The number of nitrogens with zero attached hydrogens (tertiary/aromatic N) is 1. The first-order chi connectivity index (χ1) is 18.2. The summed E-state index contributed by atoms with van der Waals surface area (Å²) < 4.78 is 0. The van der Waals surface area contributed by atoms with Gasteiger partial charge in [0.15, 0.2) is 0 Å². The molecule has 2 amide bonds. The van der Waals surface area contributed by atoms with Gasteiger partial charge in [0, 0.05) is 43.4 Å². The molecule has 0 bridgehead atoms. The molecule has 1 heterocycles. The summed E-state index contributed by atoms with van der Waals surface area (Å²) in [5, 5.41) is 5.84. The first-order valence-electron chi connectivity index (χ1n) is 13.2. The lowest BCUT2D eigenvalue weighted by Gasteiger charge is -2.06. The minimum absolute atomic E-state index is 0.101. The lowest BCUT2D eigenvalue weighted by Crippen LogP contribution is -2.26. The fraction of sp³-hybridized carbons (Fsp3) is 0.433. The Bertz CT molecular complexity index is 865. The summed E-state index contributed by atoms with van der Waals surface area (Å²) in [7, 11) is 3.40. The predicted octanol–water partition coefficient (Wildman–Crippen LogP) is 7.23. The summed E-state index contributed by atoms with van der Waals surface area (Å²) >= 11 is 0. The molecule has 0 spiro atoms. The van der Waals surface area contributed by atoms with Crippen molar-refractivity contribution in [2.45, 2.75) is 58.3 Å². The number of rotatable bonds is 21. The van der Waals surface area contributed by atoms with Crippen LogP contribution in [0, 0.1) is 0 Å². The van der Waals surface area contributed by atoms with Crippen molar-refractivity contribution in [3.8, 4) is 0 Å². The van der Waals surface area contributed by atoms with Crippen molar-refractivity contribution in [2.75, 3.05) is 24.6 Å². The van der Waals surface area contributed by atoms with Crippen molar-refractivity contribution in [3.05, 3.63) is 90.9 Å². The van der Waals surface area contributed by atoms with Crippen molar-refractivity contribution < 1.29 is 9.59 Å². The largest absolute Gasteiger partial charge is 0.355 e. The van der Waals surface area contributed by atoms with E-state index in [1.54, 1.807) is 46.1 Å². The topological polar surface area (TPSA) is 71.1 Å². The molecule has 202 valence electrons. The van der Waals surface area contributed by atoms with Gasteiger partial charge in [0.05, 0.1) is 5.56 Å². The van der Waals surface area contributed by atoms with Gasteiger partial charge < -0.3 is 10.6 Å². The van der Waals surface area contributed by atoms with E-state index in [2.05, 4.69) is 83.3 Å². The second-order valence-corrected chi connectivity index (χ2v) is 10.8. The summed E-state index contributed by atoms with van der Waals surface area (Å²) in [6, 6.07) is 3.50. The molecule has 1 aromatic heterocycles. The molecule has 0 fully saturated rings. The molecule has 1 aromatic rings. The normalized spacial score (nSPS) is 12.0. The average molecular weight is 542 g/mol. The zero-order valence-corrected chi connectivity index (χ0v) is 23.8. The highest BCUT2D eigenvalue weighted by Crippen LogP contribution is 2.19. The van der Waals surface area contributed by atoms with Gasteiger partial charge in [-0.3, -0.25) is 14.6 Å². The van der Waals surface area contributed by atoms with Gasteiger partial charge in [-0.25, -0.2) is 0 Å². The Kier molecular flexibility index (Phi) is 22.1. The van der Waals surface area contributed by atoms with Gasteiger partial charge in [-0.1, -0.05) is 89.3 Å². The number of carbonyl (C=O) groups excluding carboxylic acids is 2. The number of carbonyl (C=O) groups is 2. The van der Waals surface area contributed by atoms with Crippen LogP contribution in [0.4, 0.5) is 0 Å². The van der Waals surface area contributed by atoms with Gasteiger partial charge in [0.2, 0.25) is 5.91 Å². The molecule has 37 heavy (non-hydrogen) atoms. The van der Waals surface area contributed by atoms with E-state index in [0.717, 1.165) is 56.5 Å². The molecule has 0 aliphatic heterocycles. The number of pyridine rings is 1. The Labute approximate surface area is 231 Å². The molecular formula is C30H43N3O2S2. The molecule has 0 atom stereocenters. The third-order valence-corrected chi connectivity index (χ3v) is 7.33. The maximum Gasteiger partial charge on any atom is 0.252 e. The predicted molar refractivity (Wildman–Crippen MR) is 163 cm³/mol. The third-order valence-electron chi connectivity index (χ3n) is 4.92. The maximum absolute atomic E-state index is 11.9. The van der Waals surface area contributed by atoms with Gasteiger partial charge >= 0.3 is 0 Å². The van der Waals surface area contributed by atoms with Crippen LogP contribution in [0.2, 0.25) is 0 Å². The Morgan fingerprint density at radius 3 is 1.95 bits per heavy atom. The van der Waals surface area contributed by atoms with Crippen LogP contribution in [0.3, 0.4) is 0 Å². The molecule has 0 unspecified atom stereocenters. The fourth-order valence-electron chi connectivity index (χ4n) is 2.99. The number of nitrogens with one attached hydrogen (secondary N) is 2. The lowest BCUT2D eigenvalue weighted by atomic mass is 10.2. The Morgan fingerprint density at radius 1 is 0.811 bits per heavy atom. The summed E-state index contributed by atoms with van der Waals surface area (Å²) in [5.74, 6) is 1.68. The van der Waals surface area contributed by atoms with Gasteiger partial charge in [-0.15, -0.1) is 0 Å². The number of unbranched alkanes of at least 4 members (excludes halogenated alkanes) is 1. The molecule has 0 aliphatic rings. The SMILES string of the molecule is CC/C=C\C/C=C\C/C=C\C/C=C\C/C=C\CCCC(=O)NCCSSCCNC(=O)c1cccnc1. The smallest absolute Gasteiger partial charge is 0.252 e. The minimum Gasteiger partial charge on any atom is -0.355 e. The summed E-state index contributed by atoms with van der Waals surface area (Å²) in [5.41, 5.74) is 0.573. The molecule has 2 N–H and O–H groups in total. The van der Waals surface area contributed by atoms with Crippen LogP contribution in [0.15, 0.2) is 85.3 Å². The quantitative estimate of drug-likeness (QED) is 0.0976. The first-order valence-corrected chi connectivity index (χ1v) is 15.7. The highest BCUT2D eigenvalue weighted by molar-refractivity contribution is 8.76. The molecule has 0 aliphatic carbocycles. The second-order valence-electron chi connectivity index (χ2n) is 8.09. The standard InChI is InChI=1S/C30H43N3O2S2/c1-2-3-4-5-6-7-8-9-10-11-12-13-14-15-16-17-18-21-29(34)32-23-25-36-37-26-24-33-30(35)28-20-19-22-31-27-28/h3-4,6-7,9-10,12-13,15-16,19-20,22,27H,2,5,8,11,14,17-18,21,23-26H2,1H3,(H,32,34)(H,33,35)/b4-3-,7-6-,10-9-,13-12-,16-15-. The van der Waals surface area contributed by atoms with Gasteiger partial charge in [-0.05, 0) is 57.1 Å². The molecule has 1 rings (SSSR count). The zero-order valence-electron chi connectivity index (χ0n) is 22.1. The van der Waals surface area contributed by atoms with Gasteiger partial charge in [0.25, 0.3) is 5.91 Å². The van der Waals surface area contributed by atoms with Crippen LogP contribution in [0.5, 0.6) is 0 Å². The van der Waals surface area contributed by atoms with Crippen molar-refractivity contribution in [1.29, 1.82) is 0 Å². The molecule has 0 radical (unpaired) electrons. The van der Waals surface area contributed by atoms with Gasteiger partial charge in [0.1, 0.15) is 0 Å². The van der Waals surface area contributed by atoms with Crippen LogP contribution in [-0.4, -0.2) is 41.4 Å². The van der Waals surface area contributed by atoms with Crippen LogP contribution >= 0.6 is 21.6 Å². The molecule has 7 heteroatoms. The van der Waals surface area contributed by atoms with Crippen LogP contribution < -0.4 is 10.6 Å². The van der Waals surface area contributed by atoms with Crippen LogP contribution in [0.25, 0.3) is 0 Å². The van der Waals surface area contributed by atoms with E-state index in [1.165, 1.54) is 0 Å². The summed E-state index contributed by atoms with van der Waals surface area (Å²) in [4.78, 5) is 27.8. The van der Waals surface area contributed by atoms with Crippen molar-refractivity contribution in [2.24, 2.45) is 0 Å². The Hall–Kier alpha value is -2.51. The van der Waals surface area contributed by atoms with E-state index in [1.807, 2.05) is 0 Å². The summed E-state index contributed by atoms with van der Waals surface area (Å²) in [6.07, 6.45) is 32.5. The second kappa shape index (κ2) is 25.2. The van der Waals surface area contributed by atoms with E-state index in [9.17, 15) is 9.59 Å².